The van der Waals surface area contributed by atoms with Crippen LogP contribution in [0.5, 0.6) is 11.6 Å². The maximum Gasteiger partial charge on any atom is 0.227 e. The van der Waals surface area contributed by atoms with Crippen molar-refractivity contribution in [2.75, 3.05) is 19.7 Å². The molecule has 2 heterocycles. The number of nitrogens with zero attached hydrogens (tertiary/aromatic N) is 3. The molecule has 176 valence electrons. The topological polar surface area (TPSA) is 59.8 Å². The van der Waals surface area contributed by atoms with Crippen molar-refractivity contribution in [3.63, 3.8) is 0 Å². The second-order valence-electron chi connectivity index (χ2n) is 8.56. The molecule has 2 atom stereocenters. The van der Waals surface area contributed by atoms with Crippen LogP contribution in [0.4, 0.5) is 4.39 Å². The summed E-state index contributed by atoms with van der Waals surface area (Å²) in [7, 11) is 0. The number of ether oxygens (including phenoxy) is 2. The molecule has 0 saturated carbocycles. The van der Waals surface area contributed by atoms with Crippen LogP contribution in [0.3, 0.4) is 0 Å². The van der Waals surface area contributed by atoms with Crippen LogP contribution in [0, 0.1) is 12.7 Å². The van der Waals surface area contributed by atoms with Gasteiger partial charge in [0.1, 0.15) is 11.6 Å². The third-order valence-electron chi connectivity index (χ3n) is 5.97. The molecule has 1 aliphatic rings. The number of para-hydroxylation sites is 1. The summed E-state index contributed by atoms with van der Waals surface area (Å²) in [6.07, 6.45) is 2.53. The van der Waals surface area contributed by atoms with Crippen LogP contribution < -0.4 is 4.74 Å². The van der Waals surface area contributed by atoms with Gasteiger partial charge in [-0.2, -0.15) is 5.10 Å². The third-order valence-corrected chi connectivity index (χ3v) is 5.97. The molecule has 6 nitrogen and oxygen atoms in total. The summed E-state index contributed by atoms with van der Waals surface area (Å²) in [4.78, 5) is 2.22. The zero-order valence-corrected chi connectivity index (χ0v) is 19.3. The lowest BCUT2D eigenvalue weighted by molar-refractivity contribution is 0.0451. The monoisotopic (exact) mass is 453 g/mol. The van der Waals surface area contributed by atoms with Crippen molar-refractivity contribution in [1.82, 2.24) is 14.7 Å². The number of aliphatic hydroxyl groups excluding tert-OH is 1. The number of aliphatic hydroxyl groups is 1. The molecule has 7 heteroatoms. The highest BCUT2D eigenvalue weighted by Gasteiger charge is 2.25. The molecule has 0 radical (unpaired) electrons. The van der Waals surface area contributed by atoms with Crippen LogP contribution in [0.1, 0.15) is 37.4 Å². The summed E-state index contributed by atoms with van der Waals surface area (Å²) in [6, 6.07) is 15.8. The van der Waals surface area contributed by atoms with E-state index >= 15 is 0 Å². The molecule has 0 aliphatic carbocycles. The van der Waals surface area contributed by atoms with Crippen LogP contribution in [0.25, 0.3) is 5.69 Å². The van der Waals surface area contributed by atoms with Gasteiger partial charge in [-0.15, -0.1) is 0 Å². The average molecular weight is 454 g/mol. The Kier molecular flexibility index (Phi) is 7.75. The van der Waals surface area contributed by atoms with Gasteiger partial charge in [-0.25, -0.2) is 9.07 Å². The van der Waals surface area contributed by atoms with E-state index in [0.717, 1.165) is 42.9 Å². The molecule has 1 aliphatic heterocycles. The van der Waals surface area contributed by atoms with Gasteiger partial charge in [0.05, 0.1) is 29.2 Å². The molecular weight excluding hydrogens is 421 g/mol. The van der Waals surface area contributed by atoms with E-state index in [4.69, 9.17) is 14.6 Å². The van der Waals surface area contributed by atoms with Crippen molar-refractivity contribution in [1.29, 1.82) is 0 Å². The third kappa shape index (κ3) is 5.99. The van der Waals surface area contributed by atoms with E-state index in [-0.39, 0.29) is 11.9 Å². The van der Waals surface area contributed by atoms with Crippen molar-refractivity contribution in [2.24, 2.45) is 0 Å². The highest BCUT2D eigenvalue weighted by molar-refractivity contribution is 5.43. The van der Waals surface area contributed by atoms with Crippen LogP contribution in [-0.2, 0) is 11.3 Å². The molecule has 0 unspecified atom stereocenters. The number of rotatable bonds is 10. The molecule has 1 fully saturated rings. The molecule has 0 amide bonds. The van der Waals surface area contributed by atoms with Gasteiger partial charge in [0.15, 0.2) is 0 Å². The maximum atomic E-state index is 13.5. The fourth-order valence-electron chi connectivity index (χ4n) is 4.11. The number of benzene rings is 2. The summed E-state index contributed by atoms with van der Waals surface area (Å²) in [5.74, 6) is 0.814. The van der Waals surface area contributed by atoms with Gasteiger partial charge in [0.2, 0.25) is 5.88 Å². The number of hydrogen-bond acceptors (Lipinski definition) is 5. The molecule has 1 N–H and O–H groups in total. The average Bonchev–Trinajstić information content (AvgIpc) is 3.44. The van der Waals surface area contributed by atoms with Crippen LogP contribution in [-0.4, -0.2) is 51.7 Å². The molecule has 4 rings (SSSR count). The van der Waals surface area contributed by atoms with Gasteiger partial charge >= 0.3 is 0 Å². The second-order valence-corrected chi connectivity index (χ2v) is 8.56. The van der Waals surface area contributed by atoms with Gasteiger partial charge < -0.3 is 14.6 Å². The molecule has 33 heavy (non-hydrogen) atoms. The Bertz CT molecular complexity index is 1020. The van der Waals surface area contributed by atoms with Crippen LogP contribution >= 0.6 is 0 Å². The van der Waals surface area contributed by atoms with Crippen molar-refractivity contribution < 1.29 is 19.0 Å². The first-order valence-electron chi connectivity index (χ1n) is 11.6. The SMILES string of the molecule is CC[C@H](O)CN(Cc1c(C)nn(-c2ccccc2)c1Oc1ccc(F)cc1)C[C@@H]1CCCO1. The predicted octanol–water partition coefficient (Wildman–Crippen LogP) is 4.86. The standard InChI is InChI=1S/C26H32FN3O3/c1-3-22(31)16-29(17-24-10-7-15-32-24)18-25-19(2)28-30(21-8-5-4-6-9-21)26(25)33-23-13-11-20(27)12-14-23/h4-6,8-9,11-14,22,24,31H,3,7,10,15-18H2,1-2H3/t22-,24-/m0/s1. The van der Waals surface area contributed by atoms with Gasteiger partial charge in [-0.05, 0) is 62.6 Å². The van der Waals surface area contributed by atoms with Crippen LogP contribution in [0.15, 0.2) is 54.6 Å². The van der Waals surface area contributed by atoms with E-state index in [9.17, 15) is 9.50 Å². The van der Waals surface area contributed by atoms with E-state index in [1.54, 1.807) is 16.8 Å². The maximum absolute atomic E-state index is 13.5. The Morgan fingerprint density at radius 1 is 1.21 bits per heavy atom. The molecule has 2 aromatic carbocycles. The molecule has 1 saturated heterocycles. The van der Waals surface area contributed by atoms with Crippen molar-refractivity contribution >= 4 is 0 Å². The Hall–Kier alpha value is -2.74. The zero-order valence-electron chi connectivity index (χ0n) is 19.3. The number of halogens is 1. The minimum absolute atomic E-state index is 0.167. The molecule has 0 spiro atoms. The summed E-state index contributed by atoms with van der Waals surface area (Å²) in [6.45, 7) is 6.58. The number of aryl methyl sites for hydroxylation is 1. The summed E-state index contributed by atoms with van der Waals surface area (Å²) >= 11 is 0. The first-order chi connectivity index (χ1) is 16.0. The Labute approximate surface area is 194 Å². The largest absolute Gasteiger partial charge is 0.439 e. The number of aromatic nitrogens is 2. The quantitative estimate of drug-likeness (QED) is 0.475. The van der Waals surface area contributed by atoms with E-state index in [2.05, 4.69) is 4.90 Å². The van der Waals surface area contributed by atoms with E-state index < -0.39 is 6.10 Å². The zero-order chi connectivity index (χ0) is 23.2. The van der Waals surface area contributed by atoms with Gasteiger partial charge in [-0.1, -0.05) is 25.1 Å². The number of hydrogen-bond donors (Lipinski definition) is 1. The smallest absolute Gasteiger partial charge is 0.227 e. The minimum Gasteiger partial charge on any atom is -0.439 e. The Morgan fingerprint density at radius 3 is 2.64 bits per heavy atom. The molecule has 3 aromatic rings. The first-order valence-corrected chi connectivity index (χ1v) is 11.6. The lowest BCUT2D eigenvalue weighted by Crippen LogP contribution is -2.37. The summed E-state index contributed by atoms with van der Waals surface area (Å²) in [5, 5.41) is 15.2. The minimum atomic E-state index is -0.419. The highest BCUT2D eigenvalue weighted by atomic mass is 19.1. The van der Waals surface area contributed by atoms with Crippen molar-refractivity contribution in [3.8, 4) is 17.3 Å². The molecular formula is C26H32FN3O3. The predicted molar refractivity (Wildman–Crippen MR) is 125 cm³/mol. The van der Waals surface area contributed by atoms with E-state index in [1.807, 2.05) is 44.2 Å². The van der Waals surface area contributed by atoms with E-state index in [0.29, 0.717) is 31.1 Å². The second kappa shape index (κ2) is 10.9. The fraction of sp³-hybridized carbons (Fsp3) is 0.423. The first kappa shape index (κ1) is 23.4. The van der Waals surface area contributed by atoms with Crippen LogP contribution in [0.2, 0.25) is 0 Å². The Morgan fingerprint density at radius 2 is 1.97 bits per heavy atom. The fourth-order valence-corrected chi connectivity index (χ4v) is 4.11. The highest BCUT2D eigenvalue weighted by Crippen LogP contribution is 2.32. The van der Waals surface area contributed by atoms with Gasteiger partial charge in [0.25, 0.3) is 0 Å². The normalized spacial score (nSPS) is 16.9. The molecule has 0 bridgehead atoms. The summed E-state index contributed by atoms with van der Waals surface area (Å²) in [5.41, 5.74) is 2.66. The van der Waals surface area contributed by atoms with Crippen molar-refractivity contribution in [2.45, 2.75) is 51.9 Å². The van der Waals surface area contributed by atoms with Gasteiger partial charge in [0, 0.05) is 26.2 Å². The molecule has 1 aromatic heterocycles. The summed E-state index contributed by atoms with van der Waals surface area (Å²) < 4.78 is 27.4. The lowest BCUT2D eigenvalue weighted by atomic mass is 10.1. The van der Waals surface area contributed by atoms with Gasteiger partial charge in [-0.3, -0.25) is 4.90 Å². The lowest BCUT2D eigenvalue weighted by Gasteiger charge is -2.27. The van der Waals surface area contributed by atoms with E-state index in [1.165, 1.54) is 12.1 Å². The van der Waals surface area contributed by atoms with Crippen molar-refractivity contribution in [3.05, 3.63) is 71.7 Å². The Balaban J connectivity index is 1.68.